The fraction of sp³-hybridized carbons (Fsp3) is 0.471. The van der Waals surface area contributed by atoms with Crippen molar-refractivity contribution < 1.29 is 0 Å². The average molecular weight is 256 g/mol. The van der Waals surface area contributed by atoms with E-state index in [1.54, 1.807) is 0 Å². The van der Waals surface area contributed by atoms with Crippen molar-refractivity contribution in [2.24, 2.45) is 0 Å². The van der Waals surface area contributed by atoms with Crippen LogP contribution in [0.25, 0.3) is 10.8 Å². The lowest BCUT2D eigenvalue weighted by Crippen LogP contribution is -2.16. The second-order valence-electron chi connectivity index (χ2n) is 5.44. The summed E-state index contributed by atoms with van der Waals surface area (Å²) in [6.45, 7) is 3.28. The maximum atomic E-state index is 4.88. The van der Waals surface area contributed by atoms with Crippen LogP contribution in [-0.4, -0.2) is 30.5 Å². The predicted molar refractivity (Wildman–Crippen MR) is 82.6 cm³/mol. The van der Waals surface area contributed by atoms with Gasteiger partial charge in [-0.05, 0) is 38.4 Å². The van der Waals surface area contributed by atoms with Gasteiger partial charge in [-0.15, -0.1) is 0 Å². The van der Waals surface area contributed by atoms with E-state index in [0.717, 1.165) is 19.4 Å². The van der Waals surface area contributed by atoms with E-state index < -0.39 is 0 Å². The molecule has 0 saturated heterocycles. The average Bonchev–Trinajstić information content (AvgIpc) is 2.42. The fourth-order valence-corrected chi connectivity index (χ4v) is 2.34. The zero-order valence-corrected chi connectivity index (χ0v) is 12.3. The molecule has 0 aliphatic rings. The minimum Gasteiger partial charge on any atom is -0.309 e. The molecule has 19 heavy (non-hydrogen) atoms. The van der Waals surface area contributed by atoms with Gasteiger partial charge in [-0.25, -0.2) is 0 Å². The summed E-state index contributed by atoms with van der Waals surface area (Å²) in [5.74, 6) is 0. The van der Waals surface area contributed by atoms with Crippen molar-refractivity contribution in [3.8, 4) is 0 Å². The van der Waals surface area contributed by atoms with E-state index >= 15 is 0 Å². The Bertz CT molecular complexity index is 532. The molecule has 0 radical (unpaired) electrons. The number of aryl methyl sites for hydroxylation is 1. The van der Waals surface area contributed by atoms with Crippen molar-refractivity contribution in [3.63, 3.8) is 0 Å². The monoisotopic (exact) mass is 256 g/mol. The zero-order valence-electron chi connectivity index (χ0n) is 12.3. The summed E-state index contributed by atoms with van der Waals surface area (Å²) in [5.41, 5.74) is 2.49. The normalized spacial score (nSPS) is 11.4. The lowest BCUT2D eigenvalue weighted by molar-refractivity contribution is 0.412. The van der Waals surface area contributed by atoms with Crippen LogP contribution in [0, 0.1) is 0 Å². The Balaban J connectivity index is 2.33. The number of hydrogen-bond donors (Lipinski definition) is 0. The number of unbranched alkanes of at least 4 members (excludes halogenated alkanes) is 1. The van der Waals surface area contributed by atoms with E-state index in [-0.39, 0.29) is 0 Å². The summed E-state index contributed by atoms with van der Waals surface area (Å²) < 4.78 is 0. The molecule has 0 saturated carbocycles. The summed E-state index contributed by atoms with van der Waals surface area (Å²) in [7, 11) is 4.23. The Morgan fingerprint density at radius 2 is 1.89 bits per heavy atom. The Morgan fingerprint density at radius 3 is 2.63 bits per heavy atom. The third-order valence-corrected chi connectivity index (χ3v) is 3.45. The second-order valence-corrected chi connectivity index (χ2v) is 5.44. The van der Waals surface area contributed by atoms with Crippen LogP contribution in [0.4, 0.5) is 0 Å². The molecule has 2 rings (SSSR count). The van der Waals surface area contributed by atoms with Gasteiger partial charge in [-0.3, -0.25) is 4.98 Å². The molecule has 2 nitrogen and oxygen atoms in total. The summed E-state index contributed by atoms with van der Waals surface area (Å²) in [4.78, 5) is 7.10. The standard InChI is InChI=1S/C17H24N2/c1-4-5-9-15-13-14-8-6-7-10-16(14)17(18-15)11-12-19(2)3/h6-8,10,13H,4-5,9,11-12H2,1-3H3. The molecule has 0 amide bonds. The maximum Gasteiger partial charge on any atom is 0.0497 e. The highest BCUT2D eigenvalue weighted by molar-refractivity contribution is 5.84. The number of aromatic nitrogens is 1. The Morgan fingerprint density at radius 1 is 1.11 bits per heavy atom. The van der Waals surface area contributed by atoms with E-state index in [2.05, 4.69) is 56.3 Å². The first kappa shape index (κ1) is 14.0. The van der Waals surface area contributed by atoms with Crippen LogP contribution in [0.3, 0.4) is 0 Å². The number of fused-ring (bicyclic) bond motifs is 1. The van der Waals surface area contributed by atoms with Gasteiger partial charge < -0.3 is 4.90 Å². The largest absolute Gasteiger partial charge is 0.309 e. The highest BCUT2D eigenvalue weighted by Crippen LogP contribution is 2.20. The molecular weight excluding hydrogens is 232 g/mol. The van der Waals surface area contributed by atoms with Crippen molar-refractivity contribution >= 4 is 10.8 Å². The molecule has 0 atom stereocenters. The zero-order chi connectivity index (χ0) is 13.7. The summed E-state index contributed by atoms with van der Waals surface area (Å²) in [6.07, 6.45) is 4.56. The van der Waals surface area contributed by atoms with Gasteiger partial charge in [0.25, 0.3) is 0 Å². The highest BCUT2D eigenvalue weighted by Gasteiger charge is 2.06. The summed E-state index contributed by atoms with van der Waals surface area (Å²) in [6, 6.07) is 10.9. The first-order valence-corrected chi connectivity index (χ1v) is 7.23. The molecule has 1 aromatic carbocycles. The van der Waals surface area contributed by atoms with Crippen LogP contribution in [0.5, 0.6) is 0 Å². The van der Waals surface area contributed by atoms with Crippen LogP contribution < -0.4 is 0 Å². The molecular formula is C17H24N2. The molecule has 102 valence electrons. The number of likely N-dealkylation sites (N-methyl/N-ethyl adjacent to an activating group) is 1. The highest BCUT2D eigenvalue weighted by atomic mass is 15.0. The molecule has 0 aliphatic heterocycles. The van der Waals surface area contributed by atoms with Gasteiger partial charge in [-0.1, -0.05) is 37.6 Å². The number of rotatable bonds is 6. The van der Waals surface area contributed by atoms with Crippen molar-refractivity contribution in [1.29, 1.82) is 0 Å². The smallest absolute Gasteiger partial charge is 0.0497 e. The van der Waals surface area contributed by atoms with Crippen LogP contribution in [-0.2, 0) is 12.8 Å². The van der Waals surface area contributed by atoms with Gasteiger partial charge in [0, 0.05) is 29.7 Å². The minimum absolute atomic E-state index is 1.02. The third-order valence-electron chi connectivity index (χ3n) is 3.45. The van der Waals surface area contributed by atoms with Gasteiger partial charge in [-0.2, -0.15) is 0 Å². The molecule has 2 heteroatoms. The Hall–Kier alpha value is -1.41. The third kappa shape index (κ3) is 3.77. The summed E-state index contributed by atoms with van der Waals surface area (Å²) >= 11 is 0. The summed E-state index contributed by atoms with van der Waals surface area (Å²) in [5, 5.41) is 2.64. The molecule has 0 unspecified atom stereocenters. The minimum atomic E-state index is 1.02. The van der Waals surface area contributed by atoms with Gasteiger partial charge >= 0.3 is 0 Å². The van der Waals surface area contributed by atoms with Crippen LogP contribution >= 0.6 is 0 Å². The number of pyridine rings is 1. The van der Waals surface area contributed by atoms with E-state index in [9.17, 15) is 0 Å². The lowest BCUT2D eigenvalue weighted by Gasteiger charge is -2.12. The first-order chi connectivity index (χ1) is 9.20. The predicted octanol–water partition coefficient (Wildman–Crippen LogP) is 3.68. The second kappa shape index (κ2) is 6.67. The number of nitrogens with zero attached hydrogens (tertiary/aromatic N) is 2. The topological polar surface area (TPSA) is 16.1 Å². The van der Waals surface area contributed by atoms with Crippen molar-refractivity contribution in [2.45, 2.75) is 32.6 Å². The van der Waals surface area contributed by atoms with Crippen LogP contribution in [0.2, 0.25) is 0 Å². The number of benzene rings is 1. The van der Waals surface area contributed by atoms with E-state index in [4.69, 9.17) is 4.98 Å². The Labute approximate surface area is 116 Å². The maximum absolute atomic E-state index is 4.88. The van der Waals surface area contributed by atoms with E-state index in [1.165, 1.54) is 35.0 Å². The lowest BCUT2D eigenvalue weighted by atomic mass is 10.0. The van der Waals surface area contributed by atoms with E-state index in [1.807, 2.05) is 0 Å². The quantitative estimate of drug-likeness (QED) is 0.783. The van der Waals surface area contributed by atoms with Crippen LogP contribution in [0.15, 0.2) is 30.3 Å². The van der Waals surface area contributed by atoms with Crippen molar-refractivity contribution in [1.82, 2.24) is 9.88 Å². The molecule has 0 aliphatic carbocycles. The van der Waals surface area contributed by atoms with E-state index in [0.29, 0.717) is 0 Å². The molecule has 0 bridgehead atoms. The van der Waals surface area contributed by atoms with Crippen molar-refractivity contribution in [2.75, 3.05) is 20.6 Å². The molecule has 1 aromatic heterocycles. The van der Waals surface area contributed by atoms with Crippen LogP contribution in [0.1, 0.15) is 31.2 Å². The SMILES string of the molecule is CCCCc1cc2ccccc2c(CCN(C)C)n1. The first-order valence-electron chi connectivity index (χ1n) is 7.23. The Kier molecular flexibility index (Phi) is 4.92. The number of hydrogen-bond acceptors (Lipinski definition) is 2. The van der Waals surface area contributed by atoms with Crippen molar-refractivity contribution in [3.05, 3.63) is 41.7 Å². The van der Waals surface area contributed by atoms with Gasteiger partial charge in [0.15, 0.2) is 0 Å². The molecule has 0 fully saturated rings. The van der Waals surface area contributed by atoms with Gasteiger partial charge in [0.2, 0.25) is 0 Å². The van der Waals surface area contributed by atoms with Gasteiger partial charge in [0.05, 0.1) is 0 Å². The molecule has 0 spiro atoms. The molecule has 0 N–H and O–H groups in total. The molecule has 1 heterocycles. The fourth-order valence-electron chi connectivity index (χ4n) is 2.34. The van der Waals surface area contributed by atoms with Gasteiger partial charge in [0.1, 0.15) is 0 Å². The molecule has 2 aromatic rings.